The van der Waals surface area contributed by atoms with Gasteiger partial charge in [0.2, 0.25) is 0 Å². The molecule has 0 fully saturated rings. The van der Waals surface area contributed by atoms with Crippen LogP contribution in [0.1, 0.15) is 47.8 Å². The first-order valence-corrected chi connectivity index (χ1v) is 11.1. The highest BCUT2D eigenvalue weighted by Crippen LogP contribution is 2.33. The summed E-state index contributed by atoms with van der Waals surface area (Å²) in [5, 5.41) is 0.928. The van der Waals surface area contributed by atoms with Gasteiger partial charge in [0.1, 0.15) is 12.2 Å². The van der Waals surface area contributed by atoms with Crippen molar-refractivity contribution in [2.24, 2.45) is 0 Å². The van der Waals surface area contributed by atoms with Crippen LogP contribution in [0.2, 0.25) is 5.02 Å². The van der Waals surface area contributed by atoms with Crippen LogP contribution in [0.5, 0.6) is 0 Å². The lowest BCUT2D eigenvalue weighted by atomic mass is 10.0. The number of rotatable bonds is 4. The summed E-state index contributed by atoms with van der Waals surface area (Å²) in [5.74, 6) is -1.80. The number of amides is 2. The van der Waals surface area contributed by atoms with Gasteiger partial charge in [-0.1, -0.05) is 35.9 Å². The van der Waals surface area contributed by atoms with E-state index in [0.717, 1.165) is 16.0 Å². The third-order valence-corrected chi connectivity index (χ3v) is 6.41. The average Bonchev–Trinajstić information content (AvgIpc) is 3.09. The van der Waals surface area contributed by atoms with Gasteiger partial charge in [-0.25, -0.2) is 14.5 Å². The second kappa shape index (κ2) is 8.52. The Morgan fingerprint density at radius 1 is 0.943 bits per heavy atom. The molecule has 2 heterocycles. The van der Waals surface area contributed by atoms with Crippen LogP contribution in [0.3, 0.4) is 0 Å². The Labute approximate surface area is 204 Å². The molecule has 35 heavy (non-hydrogen) atoms. The quantitative estimate of drug-likeness (QED) is 0.222. The van der Waals surface area contributed by atoms with Crippen LogP contribution in [-0.2, 0) is 11.3 Å². The number of fused-ring (bicyclic) bond motifs is 2. The molecule has 0 saturated carbocycles. The molecule has 4 aromatic rings. The molecule has 174 valence electrons. The zero-order valence-corrected chi connectivity index (χ0v) is 19.5. The highest BCUT2D eigenvalue weighted by atomic mass is 35.5. The second-order valence-corrected chi connectivity index (χ2v) is 8.62. The predicted octanol–water partition coefficient (Wildman–Crippen LogP) is 5.22. The third kappa shape index (κ3) is 3.80. The number of halogens is 1. The number of hydrogen-bond acceptors (Lipinski definition) is 6. The zero-order chi connectivity index (χ0) is 24.9. The SMILES string of the molecule is Cc1ccc2c(COC(=O)c3ccc4c(c3)C(=O)N(c3ccccc3Cl)C4=O)cc(=O)oc2c1C. The Hall–Kier alpha value is -4.23. The standard InChI is InChI=1S/C27H18ClNO6/c1-14-7-9-18-17(12-23(30)35-24(18)15(14)2)13-34-27(33)16-8-10-19-20(11-16)26(32)29(25(19)31)22-6-4-3-5-21(22)28/h3-12H,13H2,1-2H3. The highest BCUT2D eigenvalue weighted by Gasteiger charge is 2.38. The van der Waals surface area contributed by atoms with Crippen molar-refractivity contribution in [3.05, 3.63) is 109 Å². The number of carbonyl (C=O) groups excluding carboxylic acids is 3. The van der Waals surface area contributed by atoms with Crippen LogP contribution in [-0.4, -0.2) is 17.8 Å². The fourth-order valence-corrected chi connectivity index (χ4v) is 4.31. The number of ether oxygens (including phenoxy) is 1. The van der Waals surface area contributed by atoms with Gasteiger partial charge in [-0.3, -0.25) is 9.59 Å². The minimum atomic E-state index is -0.700. The largest absolute Gasteiger partial charge is 0.457 e. The normalized spacial score (nSPS) is 12.8. The number of nitrogens with zero attached hydrogens (tertiary/aromatic N) is 1. The first-order valence-electron chi connectivity index (χ1n) is 10.7. The molecule has 8 heteroatoms. The lowest BCUT2D eigenvalue weighted by Crippen LogP contribution is -2.29. The summed E-state index contributed by atoms with van der Waals surface area (Å²) >= 11 is 6.18. The van der Waals surface area contributed by atoms with Crippen LogP contribution >= 0.6 is 11.6 Å². The number of benzene rings is 3. The summed E-state index contributed by atoms with van der Waals surface area (Å²) in [6, 6.07) is 15.7. The van der Waals surface area contributed by atoms with Gasteiger partial charge in [0.25, 0.3) is 11.8 Å². The molecule has 0 radical (unpaired) electrons. The maximum absolute atomic E-state index is 13.0. The van der Waals surface area contributed by atoms with Crippen LogP contribution in [0.15, 0.2) is 69.9 Å². The van der Waals surface area contributed by atoms with E-state index in [1.165, 1.54) is 24.3 Å². The van der Waals surface area contributed by atoms with Crippen molar-refractivity contribution >= 4 is 46.0 Å². The number of para-hydroxylation sites is 1. The van der Waals surface area contributed by atoms with E-state index >= 15 is 0 Å². The predicted molar refractivity (Wildman–Crippen MR) is 130 cm³/mol. The molecule has 0 spiro atoms. The molecule has 1 aliphatic rings. The second-order valence-electron chi connectivity index (χ2n) is 8.21. The Balaban J connectivity index is 1.41. The Bertz CT molecular complexity index is 1620. The molecule has 5 rings (SSSR count). The monoisotopic (exact) mass is 487 g/mol. The van der Waals surface area contributed by atoms with Crippen LogP contribution in [0, 0.1) is 13.8 Å². The maximum atomic E-state index is 13.0. The molecule has 1 aliphatic heterocycles. The van der Waals surface area contributed by atoms with Crippen molar-refractivity contribution in [2.75, 3.05) is 4.90 Å². The Morgan fingerprint density at radius 3 is 2.46 bits per heavy atom. The number of imide groups is 1. The topological polar surface area (TPSA) is 93.9 Å². The summed E-state index contributed by atoms with van der Waals surface area (Å²) < 4.78 is 10.8. The number of anilines is 1. The van der Waals surface area contributed by atoms with E-state index in [0.29, 0.717) is 16.5 Å². The molecular formula is C27H18ClNO6. The van der Waals surface area contributed by atoms with Crippen molar-refractivity contribution in [1.82, 2.24) is 0 Å². The summed E-state index contributed by atoms with van der Waals surface area (Å²) in [6.07, 6.45) is 0. The van der Waals surface area contributed by atoms with Gasteiger partial charge in [0.15, 0.2) is 0 Å². The molecule has 0 unspecified atom stereocenters. The van der Waals surface area contributed by atoms with E-state index in [1.54, 1.807) is 24.3 Å². The molecular weight excluding hydrogens is 470 g/mol. The van der Waals surface area contributed by atoms with Crippen molar-refractivity contribution in [3.63, 3.8) is 0 Å². The van der Waals surface area contributed by atoms with Crippen molar-refractivity contribution in [1.29, 1.82) is 0 Å². The van der Waals surface area contributed by atoms with E-state index < -0.39 is 23.4 Å². The molecule has 1 aromatic heterocycles. The highest BCUT2D eigenvalue weighted by molar-refractivity contribution is 6.39. The Kier molecular flexibility index (Phi) is 5.49. The summed E-state index contributed by atoms with van der Waals surface area (Å²) in [7, 11) is 0. The van der Waals surface area contributed by atoms with Gasteiger partial charge in [-0.2, -0.15) is 0 Å². The average molecular weight is 488 g/mol. The zero-order valence-electron chi connectivity index (χ0n) is 18.8. The molecule has 7 nitrogen and oxygen atoms in total. The van der Waals surface area contributed by atoms with Crippen LogP contribution in [0.25, 0.3) is 11.0 Å². The summed E-state index contributed by atoms with van der Waals surface area (Å²) in [4.78, 5) is 51.7. The molecule has 0 atom stereocenters. The maximum Gasteiger partial charge on any atom is 0.338 e. The Morgan fingerprint density at radius 2 is 1.69 bits per heavy atom. The molecule has 0 bridgehead atoms. The van der Waals surface area contributed by atoms with E-state index in [2.05, 4.69) is 0 Å². The molecule has 0 N–H and O–H groups in total. The molecule has 3 aromatic carbocycles. The molecule has 2 amide bonds. The van der Waals surface area contributed by atoms with Crippen molar-refractivity contribution < 1.29 is 23.5 Å². The molecule has 0 aliphatic carbocycles. The van der Waals surface area contributed by atoms with Crippen LogP contribution in [0.4, 0.5) is 5.69 Å². The van der Waals surface area contributed by atoms with E-state index in [-0.39, 0.29) is 34.0 Å². The minimum Gasteiger partial charge on any atom is -0.457 e. The third-order valence-electron chi connectivity index (χ3n) is 6.09. The van der Waals surface area contributed by atoms with Crippen LogP contribution < -0.4 is 10.5 Å². The fraction of sp³-hybridized carbons (Fsp3) is 0.111. The van der Waals surface area contributed by atoms with Gasteiger partial charge in [-0.15, -0.1) is 0 Å². The first kappa shape index (κ1) is 22.6. The van der Waals surface area contributed by atoms with Crippen molar-refractivity contribution in [3.8, 4) is 0 Å². The summed E-state index contributed by atoms with van der Waals surface area (Å²) in [5.41, 5.74) is 2.84. The number of hydrogen-bond donors (Lipinski definition) is 0. The number of carbonyl (C=O) groups is 3. The number of aryl methyl sites for hydroxylation is 2. The number of esters is 1. The summed E-state index contributed by atoms with van der Waals surface area (Å²) in [6.45, 7) is 3.60. The molecule has 0 saturated heterocycles. The lowest BCUT2D eigenvalue weighted by molar-refractivity contribution is 0.0473. The lowest BCUT2D eigenvalue weighted by Gasteiger charge is -2.15. The van der Waals surface area contributed by atoms with Crippen molar-refractivity contribution in [2.45, 2.75) is 20.5 Å². The van der Waals surface area contributed by atoms with E-state index in [9.17, 15) is 19.2 Å². The first-order chi connectivity index (χ1) is 16.8. The van der Waals surface area contributed by atoms with Gasteiger partial charge in [-0.05, 0) is 55.3 Å². The fourth-order valence-electron chi connectivity index (χ4n) is 4.09. The van der Waals surface area contributed by atoms with Gasteiger partial charge < -0.3 is 9.15 Å². The van der Waals surface area contributed by atoms with Gasteiger partial charge >= 0.3 is 11.6 Å². The van der Waals surface area contributed by atoms with E-state index in [4.69, 9.17) is 20.8 Å². The minimum absolute atomic E-state index is 0.0845. The van der Waals surface area contributed by atoms with Gasteiger partial charge in [0, 0.05) is 17.0 Å². The van der Waals surface area contributed by atoms with E-state index in [1.807, 2.05) is 26.0 Å². The smallest absolute Gasteiger partial charge is 0.338 e. The van der Waals surface area contributed by atoms with Gasteiger partial charge in [0.05, 0.1) is 27.4 Å².